The minimum Gasteiger partial charge on any atom is -0.345 e. The van der Waals surface area contributed by atoms with Crippen molar-refractivity contribution >= 4 is 29.1 Å². The molecule has 7 heteroatoms. The lowest BCUT2D eigenvalue weighted by molar-refractivity contribution is -0.125. The molecule has 0 spiro atoms. The molecule has 0 radical (unpaired) electrons. The van der Waals surface area contributed by atoms with Gasteiger partial charge in [-0.3, -0.25) is 14.4 Å². The second-order valence-corrected chi connectivity index (χ2v) is 5.52. The van der Waals surface area contributed by atoms with E-state index in [9.17, 15) is 14.4 Å². The SMILES string of the molecule is CC[C@@H](NC(C)=O)C(=O)Nc1cccc(NC(=O)CN(C)C)c1. The summed E-state index contributed by atoms with van der Waals surface area (Å²) < 4.78 is 0. The van der Waals surface area contributed by atoms with E-state index in [0.717, 1.165) is 0 Å². The maximum Gasteiger partial charge on any atom is 0.246 e. The summed E-state index contributed by atoms with van der Waals surface area (Å²) in [6.07, 6.45) is 0.491. The molecule has 3 N–H and O–H groups in total. The van der Waals surface area contributed by atoms with Gasteiger partial charge in [-0.25, -0.2) is 0 Å². The zero-order valence-electron chi connectivity index (χ0n) is 14.0. The van der Waals surface area contributed by atoms with Gasteiger partial charge in [0.25, 0.3) is 0 Å². The molecule has 1 rings (SSSR count). The molecule has 0 aliphatic rings. The Labute approximate surface area is 136 Å². The molecule has 0 saturated heterocycles. The molecule has 23 heavy (non-hydrogen) atoms. The van der Waals surface area contributed by atoms with E-state index in [-0.39, 0.29) is 24.3 Å². The lowest BCUT2D eigenvalue weighted by Gasteiger charge is -2.16. The first-order valence-corrected chi connectivity index (χ1v) is 7.44. The lowest BCUT2D eigenvalue weighted by Crippen LogP contribution is -2.42. The van der Waals surface area contributed by atoms with Crippen molar-refractivity contribution < 1.29 is 14.4 Å². The van der Waals surface area contributed by atoms with Gasteiger partial charge in [0.1, 0.15) is 6.04 Å². The molecule has 0 aliphatic carbocycles. The minimum atomic E-state index is -0.584. The van der Waals surface area contributed by atoms with Crippen LogP contribution < -0.4 is 16.0 Å². The number of hydrogen-bond acceptors (Lipinski definition) is 4. The van der Waals surface area contributed by atoms with E-state index < -0.39 is 6.04 Å². The molecule has 1 atom stereocenters. The molecule has 0 aromatic heterocycles. The molecule has 0 bridgehead atoms. The molecule has 1 aromatic carbocycles. The van der Waals surface area contributed by atoms with Crippen LogP contribution in [-0.4, -0.2) is 49.3 Å². The van der Waals surface area contributed by atoms with Gasteiger partial charge in [0.05, 0.1) is 6.54 Å². The Balaban J connectivity index is 2.71. The monoisotopic (exact) mass is 320 g/mol. The van der Waals surface area contributed by atoms with Gasteiger partial charge in [0.2, 0.25) is 17.7 Å². The second kappa shape index (κ2) is 8.89. The fourth-order valence-electron chi connectivity index (χ4n) is 1.99. The zero-order valence-corrected chi connectivity index (χ0v) is 14.0. The van der Waals surface area contributed by atoms with Crippen molar-refractivity contribution in [2.45, 2.75) is 26.3 Å². The van der Waals surface area contributed by atoms with Gasteiger partial charge in [-0.2, -0.15) is 0 Å². The smallest absolute Gasteiger partial charge is 0.246 e. The van der Waals surface area contributed by atoms with Crippen molar-refractivity contribution in [3.05, 3.63) is 24.3 Å². The maximum atomic E-state index is 12.1. The molecule has 0 aliphatic heterocycles. The van der Waals surface area contributed by atoms with Crippen LogP contribution in [0.2, 0.25) is 0 Å². The van der Waals surface area contributed by atoms with E-state index in [1.165, 1.54) is 6.92 Å². The molecule has 0 saturated carbocycles. The van der Waals surface area contributed by atoms with Crippen molar-refractivity contribution in [1.82, 2.24) is 10.2 Å². The largest absolute Gasteiger partial charge is 0.345 e. The number of nitrogens with zero attached hydrogens (tertiary/aromatic N) is 1. The fourth-order valence-corrected chi connectivity index (χ4v) is 1.99. The summed E-state index contributed by atoms with van der Waals surface area (Å²) in [5, 5.41) is 8.09. The van der Waals surface area contributed by atoms with Crippen molar-refractivity contribution in [1.29, 1.82) is 0 Å². The highest BCUT2D eigenvalue weighted by Gasteiger charge is 2.17. The van der Waals surface area contributed by atoms with Gasteiger partial charge in [0.15, 0.2) is 0 Å². The summed E-state index contributed by atoms with van der Waals surface area (Å²) in [6, 6.07) is 6.29. The number of rotatable bonds is 7. The first kappa shape index (κ1) is 18.6. The molecular formula is C16H24N4O3. The minimum absolute atomic E-state index is 0.136. The molecule has 7 nitrogen and oxygen atoms in total. The van der Waals surface area contributed by atoms with Crippen LogP contribution in [0.5, 0.6) is 0 Å². The summed E-state index contributed by atoms with van der Waals surface area (Å²) >= 11 is 0. The highest BCUT2D eigenvalue weighted by Crippen LogP contribution is 2.15. The highest BCUT2D eigenvalue weighted by molar-refractivity contribution is 5.98. The summed E-state index contributed by atoms with van der Waals surface area (Å²) in [7, 11) is 3.62. The predicted molar refractivity (Wildman–Crippen MR) is 90.2 cm³/mol. The van der Waals surface area contributed by atoms with Crippen LogP contribution in [0.25, 0.3) is 0 Å². The molecule has 1 aromatic rings. The Kier molecular flexibility index (Phi) is 7.21. The summed E-state index contributed by atoms with van der Waals surface area (Å²) in [5.41, 5.74) is 1.16. The van der Waals surface area contributed by atoms with Crippen LogP contribution in [0.15, 0.2) is 24.3 Å². The van der Waals surface area contributed by atoms with Gasteiger partial charge in [-0.15, -0.1) is 0 Å². The molecule has 126 valence electrons. The molecule has 0 fully saturated rings. The van der Waals surface area contributed by atoms with Crippen LogP contribution >= 0.6 is 0 Å². The van der Waals surface area contributed by atoms with Crippen LogP contribution in [0.4, 0.5) is 11.4 Å². The first-order valence-electron chi connectivity index (χ1n) is 7.44. The van der Waals surface area contributed by atoms with E-state index in [1.54, 1.807) is 29.2 Å². The topological polar surface area (TPSA) is 90.5 Å². The van der Waals surface area contributed by atoms with Crippen LogP contribution in [0, 0.1) is 0 Å². The van der Waals surface area contributed by atoms with Gasteiger partial charge in [0, 0.05) is 18.3 Å². The number of hydrogen-bond donors (Lipinski definition) is 3. The van der Waals surface area contributed by atoms with Gasteiger partial charge in [-0.05, 0) is 38.7 Å². The van der Waals surface area contributed by atoms with E-state index in [2.05, 4.69) is 16.0 Å². The Bertz CT molecular complexity index is 572. The van der Waals surface area contributed by atoms with Crippen LogP contribution in [-0.2, 0) is 14.4 Å². The Morgan fingerprint density at radius 3 is 2.26 bits per heavy atom. The molecule has 0 heterocycles. The molecule has 3 amide bonds. The molecule has 0 unspecified atom stereocenters. The average molecular weight is 320 g/mol. The number of benzene rings is 1. The van der Waals surface area contributed by atoms with Crippen molar-refractivity contribution in [2.24, 2.45) is 0 Å². The summed E-state index contributed by atoms with van der Waals surface area (Å²) in [6.45, 7) is 3.46. The van der Waals surface area contributed by atoms with Crippen molar-refractivity contribution in [2.75, 3.05) is 31.3 Å². The van der Waals surface area contributed by atoms with Gasteiger partial charge in [-0.1, -0.05) is 13.0 Å². The van der Waals surface area contributed by atoms with E-state index >= 15 is 0 Å². The fraction of sp³-hybridized carbons (Fsp3) is 0.438. The van der Waals surface area contributed by atoms with Crippen molar-refractivity contribution in [3.8, 4) is 0 Å². The maximum absolute atomic E-state index is 12.1. The second-order valence-electron chi connectivity index (χ2n) is 5.52. The van der Waals surface area contributed by atoms with Crippen LogP contribution in [0.1, 0.15) is 20.3 Å². The number of carbonyl (C=O) groups is 3. The predicted octanol–water partition coefficient (Wildman–Crippen LogP) is 1.04. The summed E-state index contributed by atoms with van der Waals surface area (Å²) in [4.78, 5) is 36.7. The number of nitrogens with one attached hydrogen (secondary N) is 3. The lowest BCUT2D eigenvalue weighted by atomic mass is 10.2. The third-order valence-electron chi connectivity index (χ3n) is 2.98. The summed E-state index contributed by atoms with van der Waals surface area (Å²) in [5.74, 6) is -0.681. The van der Waals surface area contributed by atoms with Crippen molar-refractivity contribution in [3.63, 3.8) is 0 Å². The van der Waals surface area contributed by atoms with E-state index in [0.29, 0.717) is 17.8 Å². The Hall–Kier alpha value is -2.41. The zero-order chi connectivity index (χ0) is 17.4. The number of likely N-dealkylation sites (N-methyl/N-ethyl adjacent to an activating group) is 1. The van der Waals surface area contributed by atoms with Crippen LogP contribution in [0.3, 0.4) is 0 Å². The standard InChI is InChI=1S/C16H24N4O3/c1-5-14(17-11(2)21)16(23)19-13-8-6-7-12(9-13)18-15(22)10-20(3)4/h6-9,14H,5,10H2,1-4H3,(H,17,21)(H,18,22)(H,19,23)/t14-/m1/s1. The molecular weight excluding hydrogens is 296 g/mol. The number of anilines is 2. The van der Waals surface area contributed by atoms with E-state index in [4.69, 9.17) is 0 Å². The third kappa shape index (κ3) is 6.92. The quantitative estimate of drug-likeness (QED) is 0.700. The average Bonchev–Trinajstić information content (AvgIpc) is 2.43. The van der Waals surface area contributed by atoms with E-state index in [1.807, 2.05) is 21.0 Å². The normalized spacial score (nSPS) is 11.7. The Morgan fingerprint density at radius 1 is 1.13 bits per heavy atom. The number of amides is 3. The highest BCUT2D eigenvalue weighted by atomic mass is 16.2. The van der Waals surface area contributed by atoms with Gasteiger partial charge >= 0.3 is 0 Å². The Morgan fingerprint density at radius 2 is 1.74 bits per heavy atom. The third-order valence-corrected chi connectivity index (χ3v) is 2.98. The van der Waals surface area contributed by atoms with Gasteiger partial charge < -0.3 is 20.9 Å². The first-order chi connectivity index (χ1) is 10.8. The number of carbonyl (C=O) groups excluding carboxylic acids is 3.